The third-order valence-corrected chi connectivity index (χ3v) is 8.34. The molecule has 0 aliphatic carbocycles. The first kappa shape index (κ1) is 30.7. The second-order valence-corrected chi connectivity index (χ2v) is 12.1. The van der Waals surface area contributed by atoms with Crippen molar-refractivity contribution >= 4 is 74.8 Å². The zero-order valence-electron chi connectivity index (χ0n) is 23.0. The van der Waals surface area contributed by atoms with E-state index < -0.39 is 5.97 Å². The minimum Gasteiger partial charge on any atom is -0.490 e. The second kappa shape index (κ2) is 14.1. The van der Waals surface area contributed by atoms with Crippen molar-refractivity contribution in [1.82, 2.24) is 4.90 Å². The number of aliphatic imine (C=N–C) groups is 1. The third kappa shape index (κ3) is 7.78. The number of amidine groups is 1. The standard InChI is InChI=1S/C33H26ClIN2O5S/c1-2-41-28-17-23(16-27(34)30(28)42-20-22-10-14-25(35)15-11-22)18-29-31(38)37(19-21-8-12-24(13-9-21)32(39)40)33(43-29)36-26-6-4-3-5-7-26/h3-18H,2,19-20H2,1H3,(H,39,40)/b29-18-,36-33?. The van der Waals surface area contributed by atoms with Crippen LogP contribution in [0.15, 0.2) is 101 Å². The Kier molecular flexibility index (Phi) is 10.1. The summed E-state index contributed by atoms with van der Waals surface area (Å²) >= 11 is 10.2. The summed E-state index contributed by atoms with van der Waals surface area (Å²) in [5, 5.41) is 10.1. The van der Waals surface area contributed by atoms with Gasteiger partial charge in [0, 0.05) is 3.57 Å². The number of ether oxygens (including phenoxy) is 2. The van der Waals surface area contributed by atoms with Gasteiger partial charge in [-0.1, -0.05) is 54.1 Å². The maximum absolute atomic E-state index is 13.7. The van der Waals surface area contributed by atoms with Crippen molar-refractivity contribution in [2.45, 2.75) is 20.1 Å². The fourth-order valence-electron chi connectivity index (χ4n) is 4.24. The van der Waals surface area contributed by atoms with Gasteiger partial charge >= 0.3 is 5.97 Å². The van der Waals surface area contributed by atoms with E-state index >= 15 is 0 Å². The van der Waals surface area contributed by atoms with Crippen LogP contribution in [0, 0.1) is 3.57 Å². The number of halogens is 2. The molecule has 0 saturated carbocycles. The molecule has 1 heterocycles. The Labute approximate surface area is 272 Å². The van der Waals surface area contributed by atoms with Crippen molar-refractivity contribution in [2.75, 3.05) is 6.61 Å². The van der Waals surface area contributed by atoms with Crippen LogP contribution < -0.4 is 9.47 Å². The van der Waals surface area contributed by atoms with E-state index in [1.165, 1.54) is 23.9 Å². The number of nitrogens with zero attached hydrogens (tertiary/aromatic N) is 2. The molecule has 1 saturated heterocycles. The zero-order valence-corrected chi connectivity index (χ0v) is 26.7. The number of benzene rings is 4. The molecule has 1 N–H and O–H groups in total. The van der Waals surface area contributed by atoms with Crippen LogP contribution in [0.2, 0.25) is 5.02 Å². The summed E-state index contributed by atoms with van der Waals surface area (Å²) in [6.45, 7) is 2.84. The lowest BCUT2D eigenvalue weighted by atomic mass is 10.1. The number of thioether (sulfide) groups is 1. The normalized spacial score (nSPS) is 14.9. The van der Waals surface area contributed by atoms with Crippen LogP contribution in [0.3, 0.4) is 0 Å². The average Bonchev–Trinajstić information content (AvgIpc) is 3.27. The first-order chi connectivity index (χ1) is 20.8. The van der Waals surface area contributed by atoms with Crippen LogP contribution in [0.25, 0.3) is 6.08 Å². The van der Waals surface area contributed by atoms with Gasteiger partial charge in [-0.2, -0.15) is 0 Å². The van der Waals surface area contributed by atoms with E-state index in [4.69, 9.17) is 26.1 Å². The Morgan fingerprint density at radius 1 is 1.00 bits per heavy atom. The molecule has 0 atom stereocenters. The predicted octanol–water partition coefficient (Wildman–Crippen LogP) is 8.42. The number of amides is 1. The molecule has 1 amide bonds. The van der Waals surface area contributed by atoms with E-state index in [9.17, 15) is 14.7 Å². The summed E-state index contributed by atoms with van der Waals surface area (Å²) in [6, 6.07) is 27.4. The first-order valence-corrected chi connectivity index (χ1v) is 15.6. The van der Waals surface area contributed by atoms with E-state index in [1.54, 1.807) is 35.2 Å². The Hall–Kier alpha value is -3.80. The van der Waals surface area contributed by atoms with Crippen molar-refractivity contribution in [2.24, 2.45) is 4.99 Å². The molecule has 1 fully saturated rings. The van der Waals surface area contributed by atoms with E-state index in [1.807, 2.05) is 61.5 Å². The molecule has 0 radical (unpaired) electrons. The Morgan fingerprint density at radius 3 is 2.37 bits per heavy atom. The monoisotopic (exact) mass is 724 g/mol. The number of rotatable bonds is 10. The summed E-state index contributed by atoms with van der Waals surface area (Å²) < 4.78 is 13.1. The fourth-order valence-corrected chi connectivity index (χ4v) is 5.87. The highest BCUT2D eigenvalue weighted by Gasteiger charge is 2.33. The van der Waals surface area contributed by atoms with E-state index in [0.717, 1.165) is 14.7 Å². The Bertz CT molecular complexity index is 1690. The molecule has 5 rings (SSSR count). The molecule has 43 heavy (non-hydrogen) atoms. The lowest BCUT2D eigenvalue weighted by molar-refractivity contribution is -0.122. The number of carboxylic acid groups (broad SMARTS) is 1. The minimum atomic E-state index is -1.01. The lowest BCUT2D eigenvalue weighted by Gasteiger charge is -2.16. The van der Waals surface area contributed by atoms with Gasteiger partial charge < -0.3 is 14.6 Å². The summed E-state index contributed by atoms with van der Waals surface area (Å²) in [4.78, 5) is 31.8. The molecule has 4 aromatic carbocycles. The number of carbonyl (C=O) groups is 2. The molecular formula is C33H26ClIN2O5S. The highest BCUT2D eigenvalue weighted by atomic mass is 127. The minimum absolute atomic E-state index is 0.178. The number of carboxylic acids is 1. The number of para-hydroxylation sites is 1. The van der Waals surface area contributed by atoms with Crippen molar-refractivity contribution in [3.63, 3.8) is 0 Å². The number of aromatic carboxylic acids is 1. The van der Waals surface area contributed by atoms with Gasteiger partial charge in [0.05, 0.1) is 34.3 Å². The molecule has 0 aromatic heterocycles. The maximum atomic E-state index is 13.7. The largest absolute Gasteiger partial charge is 0.490 e. The van der Waals surface area contributed by atoms with E-state index in [-0.39, 0.29) is 18.0 Å². The molecule has 4 aromatic rings. The van der Waals surface area contributed by atoms with Crippen molar-refractivity contribution < 1.29 is 24.2 Å². The maximum Gasteiger partial charge on any atom is 0.335 e. The van der Waals surface area contributed by atoms with Crippen LogP contribution in [0.4, 0.5) is 5.69 Å². The van der Waals surface area contributed by atoms with Gasteiger partial charge in [-0.25, -0.2) is 9.79 Å². The van der Waals surface area contributed by atoms with Crippen LogP contribution in [0.1, 0.15) is 34.0 Å². The number of hydrogen-bond acceptors (Lipinski definition) is 6. The van der Waals surface area contributed by atoms with Crippen LogP contribution in [-0.4, -0.2) is 33.7 Å². The summed E-state index contributed by atoms with van der Waals surface area (Å²) in [7, 11) is 0. The molecule has 0 spiro atoms. The van der Waals surface area contributed by atoms with Gasteiger partial charge in [0.2, 0.25) is 0 Å². The van der Waals surface area contributed by atoms with Crippen LogP contribution in [0.5, 0.6) is 11.5 Å². The van der Waals surface area contributed by atoms with Crippen molar-refractivity contribution in [3.8, 4) is 11.5 Å². The van der Waals surface area contributed by atoms with Crippen LogP contribution in [-0.2, 0) is 17.9 Å². The topological polar surface area (TPSA) is 88.4 Å². The SMILES string of the molecule is CCOc1cc(/C=C2\SC(=Nc3ccccc3)N(Cc3ccc(C(=O)O)cc3)C2=O)cc(Cl)c1OCc1ccc(I)cc1. The predicted molar refractivity (Wildman–Crippen MR) is 179 cm³/mol. The third-order valence-electron chi connectivity index (χ3n) is 6.34. The second-order valence-electron chi connectivity index (χ2n) is 9.41. The summed E-state index contributed by atoms with van der Waals surface area (Å²) in [6.07, 6.45) is 1.76. The summed E-state index contributed by atoms with van der Waals surface area (Å²) in [5.74, 6) is -0.314. The number of carbonyl (C=O) groups excluding carboxylic acids is 1. The Balaban J connectivity index is 1.44. The Morgan fingerprint density at radius 2 is 1.70 bits per heavy atom. The van der Waals surface area contributed by atoms with Gasteiger partial charge in [-0.3, -0.25) is 9.69 Å². The van der Waals surface area contributed by atoms with Crippen LogP contribution >= 0.6 is 46.0 Å². The van der Waals surface area contributed by atoms with Gasteiger partial charge in [0.25, 0.3) is 5.91 Å². The quantitative estimate of drug-likeness (QED) is 0.131. The molecule has 1 aliphatic rings. The van der Waals surface area contributed by atoms with E-state index in [2.05, 4.69) is 22.6 Å². The molecule has 7 nitrogen and oxygen atoms in total. The fraction of sp³-hybridized carbons (Fsp3) is 0.121. The molecule has 10 heteroatoms. The van der Waals surface area contributed by atoms with Gasteiger partial charge in [-0.15, -0.1) is 0 Å². The zero-order chi connectivity index (χ0) is 30.3. The highest BCUT2D eigenvalue weighted by molar-refractivity contribution is 14.1. The molecular weight excluding hydrogens is 699 g/mol. The lowest BCUT2D eigenvalue weighted by Crippen LogP contribution is -2.28. The van der Waals surface area contributed by atoms with Gasteiger partial charge in [0.1, 0.15) is 6.61 Å². The van der Waals surface area contributed by atoms with Gasteiger partial charge in [0.15, 0.2) is 16.7 Å². The molecule has 218 valence electrons. The van der Waals surface area contributed by atoms with Crippen molar-refractivity contribution in [1.29, 1.82) is 0 Å². The van der Waals surface area contributed by atoms with Crippen molar-refractivity contribution in [3.05, 3.63) is 127 Å². The number of hydrogen-bond donors (Lipinski definition) is 1. The smallest absolute Gasteiger partial charge is 0.335 e. The molecule has 0 bridgehead atoms. The van der Waals surface area contributed by atoms with Gasteiger partial charge in [-0.05, 0) is 113 Å². The summed E-state index contributed by atoms with van der Waals surface area (Å²) in [5.41, 5.74) is 3.34. The first-order valence-electron chi connectivity index (χ1n) is 13.3. The average molecular weight is 725 g/mol. The van der Waals surface area contributed by atoms with E-state index in [0.29, 0.717) is 51.1 Å². The highest BCUT2D eigenvalue weighted by Crippen LogP contribution is 2.40. The molecule has 1 aliphatic heterocycles. The molecule has 0 unspecified atom stereocenters.